The van der Waals surface area contributed by atoms with E-state index in [0.29, 0.717) is 0 Å². The predicted molar refractivity (Wildman–Crippen MR) is 86.9 cm³/mol. The second-order valence-electron chi connectivity index (χ2n) is 5.38. The number of hydrogen-bond acceptors (Lipinski definition) is 2. The largest absolute Gasteiger partial charge is 0.326 e. The van der Waals surface area contributed by atoms with E-state index in [1.54, 1.807) is 12.5 Å². The third kappa shape index (κ3) is 2.84. The van der Waals surface area contributed by atoms with Crippen LogP contribution in [0.5, 0.6) is 0 Å². The highest BCUT2D eigenvalue weighted by atomic mass is 16.1. The van der Waals surface area contributed by atoms with E-state index < -0.39 is 0 Å². The SMILES string of the molecule is CC(c1ccccc1)C(C(=O)c1ccccc1)n1ccnc1. The summed E-state index contributed by atoms with van der Waals surface area (Å²) in [6.45, 7) is 2.08. The molecule has 0 saturated carbocycles. The van der Waals surface area contributed by atoms with Crippen molar-refractivity contribution in [1.82, 2.24) is 9.55 Å². The number of benzene rings is 2. The van der Waals surface area contributed by atoms with E-state index in [1.807, 2.05) is 59.3 Å². The van der Waals surface area contributed by atoms with Crippen molar-refractivity contribution in [2.24, 2.45) is 0 Å². The molecule has 110 valence electrons. The van der Waals surface area contributed by atoms with Gasteiger partial charge in [-0.05, 0) is 5.56 Å². The maximum absolute atomic E-state index is 13.0. The summed E-state index contributed by atoms with van der Waals surface area (Å²) >= 11 is 0. The van der Waals surface area contributed by atoms with Gasteiger partial charge in [0.2, 0.25) is 0 Å². The average Bonchev–Trinajstić information content (AvgIpc) is 3.10. The zero-order valence-electron chi connectivity index (χ0n) is 12.5. The Hall–Kier alpha value is -2.68. The van der Waals surface area contributed by atoms with Crippen molar-refractivity contribution in [1.29, 1.82) is 0 Å². The minimum absolute atomic E-state index is 0.0584. The predicted octanol–water partition coefficient (Wildman–Crippen LogP) is 4.11. The molecule has 0 saturated heterocycles. The number of aromatic nitrogens is 2. The van der Waals surface area contributed by atoms with E-state index in [9.17, 15) is 4.79 Å². The molecule has 2 unspecified atom stereocenters. The quantitative estimate of drug-likeness (QED) is 0.663. The summed E-state index contributed by atoms with van der Waals surface area (Å²) in [5.41, 5.74) is 1.87. The van der Waals surface area contributed by atoms with Crippen molar-refractivity contribution < 1.29 is 4.79 Å². The van der Waals surface area contributed by atoms with Crippen LogP contribution in [-0.4, -0.2) is 15.3 Å². The summed E-state index contributed by atoms with van der Waals surface area (Å²) in [4.78, 5) is 17.1. The van der Waals surface area contributed by atoms with Crippen molar-refractivity contribution >= 4 is 5.78 Å². The molecule has 0 fully saturated rings. The molecule has 1 heterocycles. The Bertz CT molecular complexity index is 721. The standard InChI is InChI=1S/C19H18N2O/c1-15(16-8-4-2-5-9-16)18(21-13-12-20-14-21)19(22)17-10-6-3-7-11-17/h2-15,18H,1H3. The van der Waals surface area contributed by atoms with Gasteiger partial charge in [0.1, 0.15) is 6.04 Å². The fourth-order valence-corrected chi connectivity index (χ4v) is 2.77. The molecule has 0 spiro atoms. The third-order valence-electron chi connectivity index (χ3n) is 3.97. The Labute approximate surface area is 130 Å². The molecule has 1 aromatic heterocycles. The van der Waals surface area contributed by atoms with Gasteiger partial charge in [0.15, 0.2) is 5.78 Å². The van der Waals surface area contributed by atoms with Crippen molar-refractivity contribution in [3.05, 3.63) is 90.5 Å². The van der Waals surface area contributed by atoms with Gasteiger partial charge in [0.05, 0.1) is 6.33 Å². The lowest BCUT2D eigenvalue weighted by Gasteiger charge is -2.24. The van der Waals surface area contributed by atoms with Crippen LogP contribution in [0.1, 0.15) is 34.8 Å². The van der Waals surface area contributed by atoms with Gasteiger partial charge in [-0.2, -0.15) is 0 Å². The molecule has 3 heteroatoms. The first-order valence-corrected chi connectivity index (χ1v) is 7.39. The topological polar surface area (TPSA) is 34.9 Å². The Morgan fingerprint density at radius 3 is 2.23 bits per heavy atom. The molecule has 2 atom stereocenters. The van der Waals surface area contributed by atoms with Crippen molar-refractivity contribution in [3.8, 4) is 0 Å². The summed E-state index contributed by atoms with van der Waals surface area (Å²) in [6.07, 6.45) is 5.28. The molecular weight excluding hydrogens is 272 g/mol. The molecule has 0 aliphatic carbocycles. The number of ketones is 1. The van der Waals surface area contributed by atoms with E-state index in [1.165, 1.54) is 0 Å². The molecule has 3 rings (SSSR count). The van der Waals surface area contributed by atoms with Crippen LogP contribution in [0.4, 0.5) is 0 Å². The van der Waals surface area contributed by atoms with Crippen LogP contribution in [0, 0.1) is 0 Å². The number of rotatable bonds is 5. The number of Topliss-reactive ketones (excluding diaryl/α,β-unsaturated/α-hetero) is 1. The first-order chi connectivity index (χ1) is 10.8. The second-order valence-corrected chi connectivity index (χ2v) is 5.38. The van der Waals surface area contributed by atoms with Gasteiger partial charge >= 0.3 is 0 Å². The lowest BCUT2D eigenvalue weighted by molar-refractivity contribution is 0.0910. The average molecular weight is 290 g/mol. The van der Waals surface area contributed by atoms with Gasteiger partial charge in [-0.1, -0.05) is 67.6 Å². The number of carbonyl (C=O) groups is 1. The second kappa shape index (κ2) is 6.39. The summed E-state index contributed by atoms with van der Waals surface area (Å²) < 4.78 is 1.90. The number of carbonyl (C=O) groups excluding carboxylic acids is 1. The first kappa shape index (κ1) is 14.3. The van der Waals surface area contributed by atoms with E-state index in [2.05, 4.69) is 24.0 Å². The Morgan fingerprint density at radius 1 is 1.00 bits per heavy atom. The molecule has 0 radical (unpaired) electrons. The Morgan fingerprint density at radius 2 is 1.64 bits per heavy atom. The zero-order chi connectivity index (χ0) is 15.4. The highest BCUT2D eigenvalue weighted by molar-refractivity contribution is 5.99. The smallest absolute Gasteiger partial charge is 0.186 e. The molecule has 0 N–H and O–H groups in total. The van der Waals surface area contributed by atoms with Crippen LogP contribution in [0.3, 0.4) is 0 Å². The molecule has 3 aromatic rings. The number of imidazole rings is 1. The van der Waals surface area contributed by atoms with Gasteiger partial charge in [-0.25, -0.2) is 4.98 Å². The molecular formula is C19H18N2O. The third-order valence-corrected chi connectivity index (χ3v) is 3.97. The van der Waals surface area contributed by atoms with Gasteiger partial charge < -0.3 is 4.57 Å². The molecule has 0 amide bonds. The normalized spacial score (nSPS) is 13.5. The molecule has 0 aliphatic rings. The van der Waals surface area contributed by atoms with Crippen molar-refractivity contribution in [2.45, 2.75) is 18.9 Å². The monoisotopic (exact) mass is 290 g/mol. The lowest BCUT2D eigenvalue weighted by atomic mass is 9.88. The van der Waals surface area contributed by atoms with Crippen molar-refractivity contribution in [3.63, 3.8) is 0 Å². The van der Waals surface area contributed by atoms with Crippen LogP contribution in [-0.2, 0) is 0 Å². The zero-order valence-corrected chi connectivity index (χ0v) is 12.5. The van der Waals surface area contributed by atoms with Crippen LogP contribution < -0.4 is 0 Å². The maximum atomic E-state index is 13.0. The molecule has 2 aromatic carbocycles. The van der Waals surface area contributed by atoms with Crippen LogP contribution in [0.2, 0.25) is 0 Å². The van der Waals surface area contributed by atoms with Crippen LogP contribution >= 0.6 is 0 Å². The first-order valence-electron chi connectivity index (χ1n) is 7.39. The summed E-state index contributed by atoms with van der Waals surface area (Å²) in [5.74, 6) is 0.165. The summed E-state index contributed by atoms with van der Waals surface area (Å²) in [5, 5.41) is 0. The number of nitrogens with zero attached hydrogens (tertiary/aromatic N) is 2. The lowest BCUT2D eigenvalue weighted by Crippen LogP contribution is -2.24. The van der Waals surface area contributed by atoms with Gasteiger partial charge in [-0.15, -0.1) is 0 Å². The maximum Gasteiger partial charge on any atom is 0.186 e. The minimum atomic E-state index is -0.299. The van der Waals surface area contributed by atoms with Gasteiger partial charge in [0, 0.05) is 23.9 Å². The van der Waals surface area contributed by atoms with E-state index in [-0.39, 0.29) is 17.7 Å². The van der Waals surface area contributed by atoms with E-state index >= 15 is 0 Å². The summed E-state index contributed by atoms with van der Waals surface area (Å²) in [7, 11) is 0. The Kier molecular flexibility index (Phi) is 4.15. The molecule has 3 nitrogen and oxygen atoms in total. The fourth-order valence-electron chi connectivity index (χ4n) is 2.77. The highest BCUT2D eigenvalue weighted by Crippen LogP contribution is 2.31. The van der Waals surface area contributed by atoms with Gasteiger partial charge in [-0.3, -0.25) is 4.79 Å². The number of hydrogen-bond donors (Lipinski definition) is 0. The van der Waals surface area contributed by atoms with Crippen LogP contribution in [0.15, 0.2) is 79.4 Å². The molecule has 0 aliphatic heterocycles. The minimum Gasteiger partial charge on any atom is -0.326 e. The van der Waals surface area contributed by atoms with Crippen LogP contribution in [0.25, 0.3) is 0 Å². The Balaban J connectivity index is 2.00. The van der Waals surface area contributed by atoms with E-state index in [4.69, 9.17) is 0 Å². The fraction of sp³-hybridized carbons (Fsp3) is 0.158. The van der Waals surface area contributed by atoms with Crippen molar-refractivity contribution in [2.75, 3.05) is 0 Å². The van der Waals surface area contributed by atoms with Gasteiger partial charge in [0.25, 0.3) is 0 Å². The molecule has 22 heavy (non-hydrogen) atoms. The van der Waals surface area contributed by atoms with E-state index in [0.717, 1.165) is 11.1 Å². The highest BCUT2D eigenvalue weighted by Gasteiger charge is 2.28. The molecule has 0 bridgehead atoms. The summed E-state index contributed by atoms with van der Waals surface area (Å²) in [6, 6.07) is 19.3.